The molecule has 0 aliphatic heterocycles. The number of rotatable bonds is 5. The van der Waals surface area contributed by atoms with Crippen LogP contribution in [0.2, 0.25) is 0 Å². The van der Waals surface area contributed by atoms with Crippen LogP contribution in [0.5, 0.6) is 0 Å². The normalized spacial score (nSPS) is 16.5. The van der Waals surface area contributed by atoms with E-state index in [4.69, 9.17) is 0 Å². The molecule has 0 bridgehead atoms. The van der Waals surface area contributed by atoms with Gasteiger partial charge in [-0.3, -0.25) is 9.78 Å². The Bertz CT molecular complexity index is 438. The highest BCUT2D eigenvalue weighted by molar-refractivity contribution is 5.93. The molecule has 19 heavy (non-hydrogen) atoms. The second-order valence-corrected chi connectivity index (χ2v) is 5.72. The highest BCUT2D eigenvalue weighted by Gasteiger charge is 2.31. The molecule has 0 aromatic carbocycles. The zero-order valence-corrected chi connectivity index (χ0v) is 11.8. The summed E-state index contributed by atoms with van der Waals surface area (Å²) in [6, 6.07) is 3.70. The molecule has 1 unspecified atom stereocenters. The highest BCUT2D eigenvalue weighted by atomic mass is 16.3. The number of aliphatic hydroxyl groups excluding tert-OH is 1. The van der Waals surface area contributed by atoms with Gasteiger partial charge in [0.05, 0.1) is 11.7 Å². The predicted molar refractivity (Wildman–Crippen MR) is 74.0 cm³/mol. The van der Waals surface area contributed by atoms with E-state index in [-0.39, 0.29) is 5.91 Å². The van der Waals surface area contributed by atoms with Crippen molar-refractivity contribution in [2.24, 2.45) is 5.92 Å². The van der Waals surface area contributed by atoms with Crippen LogP contribution in [0.15, 0.2) is 18.3 Å². The molecule has 0 saturated heterocycles. The van der Waals surface area contributed by atoms with E-state index in [1.54, 1.807) is 18.1 Å². The van der Waals surface area contributed by atoms with E-state index < -0.39 is 6.10 Å². The second-order valence-electron chi connectivity index (χ2n) is 5.72. The van der Waals surface area contributed by atoms with E-state index in [1.165, 1.54) is 0 Å². The van der Waals surface area contributed by atoms with Crippen LogP contribution in [0.4, 0.5) is 0 Å². The minimum Gasteiger partial charge on any atom is -0.391 e. The van der Waals surface area contributed by atoms with Gasteiger partial charge in [0.1, 0.15) is 0 Å². The molecule has 1 aliphatic rings. The second kappa shape index (κ2) is 5.70. The topological polar surface area (TPSA) is 53.4 Å². The Morgan fingerprint density at radius 1 is 1.47 bits per heavy atom. The van der Waals surface area contributed by atoms with Crippen LogP contribution in [0, 0.1) is 5.92 Å². The average molecular weight is 262 g/mol. The molecule has 1 heterocycles. The summed E-state index contributed by atoms with van der Waals surface area (Å²) in [4.78, 5) is 18.1. The zero-order valence-electron chi connectivity index (χ0n) is 11.8. The SMILES string of the molecule is CC(C)c1ccc(C(=O)N(C)CC(O)C2CC2)cn1. The third kappa shape index (κ3) is 3.53. The molecule has 0 radical (unpaired) electrons. The summed E-state index contributed by atoms with van der Waals surface area (Å²) in [6.45, 7) is 4.54. The molecule has 4 heteroatoms. The Balaban J connectivity index is 1.97. The van der Waals surface area contributed by atoms with Crippen molar-refractivity contribution in [2.75, 3.05) is 13.6 Å². The molecular weight excluding hydrogens is 240 g/mol. The zero-order chi connectivity index (χ0) is 14.0. The Hall–Kier alpha value is -1.42. The molecule has 4 nitrogen and oxygen atoms in total. The van der Waals surface area contributed by atoms with Gasteiger partial charge in [0, 0.05) is 25.5 Å². The standard InChI is InChI=1S/C15H22N2O2/c1-10(2)13-7-6-12(8-16-13)15(19)17(3)9-14(18)11-4-5-11/h6-8,10-11,14,18H,4-5,9H2,1-3H3. The van der Waals surface area contributed by atoms with E-state index in [9.17, 15) is 9.90 Å². The van der Waals surface area contributed by atoms with Crippen LogP contribution in [0.25, 0.3) is 0 Å². The van der Waals surface area contributed by atoms with Gasteiger partial charge in [-0.15, -0.1) is 0 Å². The fraction of sp³-hybridized carbons (Fsp3) is 0.600. The first-order chi connectivity index (χ1) is 8.99. The summed E-state index contributed by atoms with van der Waals surface area (Å²) < 4.78 is 0. The van der Waals surface area contributed by atoms with Crippen molar-refractivity contribution < 1.29 is 9.90 Å². The summed E-state index contributed by atoms with van der Waals surface area (Å²) in [5.41, 5.74) is 1.56. The predicted octanol–water partition coefficient (Wildman–Crippen LogP) is 2.05. The summed E-state index contributed by atoms with van der Waals surface area (Å²) in [5, 5.41) is 9.86. The highest BCUT2D eigenvalue weighted by Crippen LogP contribution is 2.32. The lowest BCUT2D eigenvalue weighted by molar-refractivity contribution is 0.0645. The van der Waals surface area contributed by atoms with Crippen molar-refractivity contribution >= 4 is 5.91 Å². The number of likely N-dealkylation sites (N-methyl/N-ethyl adjacent to an activating group) is 1. The third-order valence-electron chi connectivity index (χ3n) is 3.60. The summed E-state index contributed by atoms with van der Waals surface area (Å²) in [6.07, 6.45) is 3.39. The Morgan fingerprint density at radius 2 is 2.16 bits per heavy atom. The molecule has 1 aliphatic carbocycles. The van der Waals surface area contributed by atoms with Gasteiger partial charge >= 0.3 is 0 Å². The largest absolute Gasteiger partial charge is 0.391 e. The minimum atomic E-state index is -0.392. The fourth-order valence-corrected chi connectivity index (χ4v) is 2.09. The maximum atomic E-state index is 12.2. The average Bonchev–Trinajstić information content (AvgIpc) is 3.22. The number of hydrogen-bond donors (Lipinski definition) is 1. The van der Waals surface area contributed by atoms with Crippen molar-refractivity contribution in [3.05, 3.63) is 29.6 Å². The maximum absolute atomic E-state index is 12.2. The minimum absolute atomic E-state index is 0.0810. The van der Waals surface area contributed by atoms with E-state index in [2.05, 4.69) is 18.8 Å². The van der Waals surface area contributed by atoms with E-state index in [0.717, 1.165) is 18.5 Å². The summed E-state index contributed by atoms with van der Waals surface area (Å²) in [7, 11) is 1.73. The van der Waals surface area contributed by atoms with Gasteiger partial charge in [0.15, 0.2) is 0 Å². The first-order valence-electron chi connectivity index (χ1n) is 6.88. The van der Waals surface area contributed by atoms with Crippen LogP contribution >= 0.6 is 0 Å². The number of aromatic nitrogens is 1. The molecule has 1 amide bonds. The lowest BCUT2D eigenvalue weighted by atomic mass is 10.1. The van der Waals surface area contributed by atoms with Gasteiger partial charge < -0.3 is 10.0 Å². The van der Waals surface area contributed by atoms with Crippen molar-refractivity contribution in [1.29, 1.82) is 0 Å². The third-order valence-corrected chi connectivity index (χ3v) is 3.60. The monoisotopic (exact) mass is 262 g/mol. The molecular formula is C15H22N2O2. The van der Waals surface area contributed by atoms with Crippen molar-refractivity contribution in [3.8, 4) is 0 Å². The van der Waals surface area contributed by atoms with Crippen LogP contribution in [0.3, 0.4) is 0 Å². The first kappa shape index (κ1) is 14.0. The molecule has 104 valence electrons. The van der Waals surface area contributed by atoms with Gasteiger partial charge in [-0.2, -0.15) is 0 Å². The molecule has 1 atom stereocenters. The van der Waals surface area contributed by atoms with Crippen LogP contribution in [-0.4, -0.2) is 40.6 Å². The maximum Gasteiger partial charge on any atom is 0.255 e. The lowest BCUT2D eigenvalue weighted by Gasteiger charge is -2.20. The summed E-state index contributed by atoms with van der Waals surface area (Å²) >= 11 is 0. The van der Waals surface area contributed by atoms with Crippen LogP contribution in [0.1, 0.15) is 48.7 Å². The number of carbonyl (C=O) groups excluding carboxylic acids is 1. The molecule has 1 fully saturated rings. The van der Waals surface area contributed by atoms with E-state index >= 15 is 0 Å². The number of pyridine rings is 1. The number of nitrogens with zero attached hydrogens (tertiary/aromatic N) is 2. The Labute approximate surface area is 114 Å². The molecule has 1 saturated carbocycles. The quantitative estimate of drug-likeness (QED) is 0.883. The number of amides is 1. The van der Waals surface area contributed by atoms with E-state index in [0.29, 0.717) is 23.9 Å². The fourth-order valence-electron chi connectivity index (χ4n) is 2.09. The number of aliphatic hydroxyl groups is 1. The number of hydrogen-bond acceptors (Lipinski definition) is 3. The van der Waals surface area contributed by atoms with Crippen LogP contribution < -0.4 is 0 Å². The first-order valence-corrected chi connectivity index (χ1v) is 6.88. The molecule has 1 aromatic heterocycles. The molecule has 2 rings (SSSR count). The summed E-state index contributed by atoms with van der Waals surface area (Å²) in [5.74, 6) is 0.665. The Morgan fingerprint density at radius 3 is 2.63 bits per heavy atom. The molecule has 0 spiro atoms. The van der Waals surface area contributed by atoms with Gasteiger partial charge in [0.25, 0.3) is 5.91 Å². The van der Waals surface area contributed by atoms with E-state index in [1.807, 2.05) is 12.1 Å². The smallest absolute Gasteiger partial charge is 0.255 e. The van der Waals surface area contributed by atoms with Gasteiger partial charge in [-0.1, -0.05) is 13.8 Å². The van der Waals surface area contributed by atoms with Crippen molar-refractivity contribution in [1.82, 2.24) is 9.88 Å². The lowest BCUT2D eigenvalue weighted by Crippen LogP contribution is -2.35. The Kier molecular flexibility index (Phi) is 4.20. The van der Waals surface area contributed by atoms with Crippen molar-refractivity contribution in [3.63, 3.8) is 0 Å². The molecule has 1 aromatic rings. The van der Waals surface area contributed by atoms with Crippen molar-refractivity contribution in [2.45, 2.75) is 38.7 Å². The van der Waals surface area contributed by atoms with Gasteiger partial charge in [-0.25, -0.2) is 0 Å². The number of carbonyl (C=O) groups is 1. The van der Waals surface area contributed by atoms with Gasteiger partial charge in [-0.05, 0) is 36.8 Å². The van der Waals surface area contributed by atoms with Gasteiger partial charge in [0.2, 0.25) is 0 Å². The molecule has 1 N–H and O–H groups in total. The van der Waals surface area contributed by atoms with Crippen LogP contribution in [-0.2, 0) is 0 Å².